The van der Waals surface area contributed by atoms with Gasteiger partial charge in [-0.05, 0) is 59.1 Å². The molecule has 3 rings (SSSR count). The Morgan fingerprint density at radius 3 is 2.19 bits per heavy atom. The lowest BCUT2D eigenvalue weighted by Crippen LogP contribution is -2.41. The van der Waals surface area contributed by atoms with Gasteiger partial charge in [0.25, 0.3) is 0 Å². The highest BCUT2D eigenvalue weighted by molar-refractivity contribution is 7.93. The van der Waals surface area contributed by atoms with E-state index < -0.39 is 39.4 Å². The average molecular weight is 383 g/mol. The number of anilines is 1. The lowest BCUT2D eigenvalue weighted by Gasteiger charge is -2.32. The van der Waals surface area contributed by atoms with Gasteiger partial charge in [-0.25, -0.2) is 12.8 Å². The monoisotopic (exact) mass is 383 g/mol. The Kier molecular flexibility index (Phi) is 4.91. The standard InChI is InChI=1S/C18H27BFNO4S/c1-12-10-14(19-24-17(2,3)18(4,5)25-19)16(20)15(11-12)21-26(22,23)13-8-6-7-9-13/h10-11,13,21H,6-9H2,1-5H3. The molecule has 1 heterocycles. The normalized spacial score (nSPS) is 22.8. The Morgan fingerprint density at radius 2 is 1.65 bits per heavy atom. The fraction of sp³-hybridized carbons (Fsp3) is 0.667. The van der Waals surface area contributed by atoms with Crippen LogP contribution in [0.2, 0.25) is 0 Å². The highest BCUT2D eigenvalue weighted by atomic mass is 32.2. The summed E-state index contributed by atoms with van der Waals surface area (Å²) in [6.45, 7) is 9.37. The number of benzene rings is 1. The molecule has 0 radical (unpaired) electrons. The Morgan fingerprint density at radius 1 is 1.12 bits per heavy atom. The SMILES string of the molecule is Cc1cc(NS(=O)(=O)C2CCCC2)c(F)c(B2OC(C)(C)C(C)(C)O2)c1. The number of rotatable bonds is 4. The maximum Gasteiger partial charge on any atom is 0.497 e. The molecular weight excluding hydrogens is 356 g/mol. The number of halogens is 1. The molecule has 8 heteroatoms. The summed E-state index contributed by atoms with van der Waals surface area (Å²) in [6, 6.07) is 3.15. The maximum atomic E-state index is 15.1. The lowest BCUT2D eigenvalue weighted by atomic mass is 9.77. The summed E-state index contributed by atoms with van der Waals surface area (Å²) in [5.41, 5.74) is -0.288. The fourth-order valence-electron chi connectivity index (χ4n) is 3.45. The van der Waals surface area contributed by atoms with E-state index >= 15 is 4.39 Å². The van der Waals surface area contributed by atoms with Crippen LogP contribution in [0.3, 0.4) is 0 Å². The van der Waals surface area contributed by atoms with Crippen molar-refractivity contribution < 1.29 is 22.1 Å². The van der Waals surface area contributed by atoms with E-state index in [1.165, 1.54) is 6.07 Å². The Bertz CT molecular complexity index is 788. The van der Waals surface area contributed by atoms with Crippen molar-refractivity contribution in [2.45, 2.75) is 76.8 Å². The van der Waals surface area contributed by atoms with Crippen molar-refractivity contribution in [3.05, 3.63) is 23.5 Å². The number of nitrogens with one attached hydrogen (secondary N) is 1. The van der Waals surface area contributed by atoms with E-state index in [9.17, 15) is 8.42 Å². The Hall–Kier alpha value is -1.12. The third-order valence-corrected chi connectivity index (χ3v) is 7.60. The van der Waals surface area contributed by atoms with Gasteiger partial charge in [-0.3, -0.25) is 4.72 Å². The highest BCUT2D eigenvalue weighted by Gasteiger charge is 2.52. The second-order valence-electron chi connectivity index (χ2n) is 8.36. The molecule has 0 spiro atoms. The van der Waals surface area contributed by atoms with Gasteiger partial charge in [-0.2, -0.15) is 0 Å². The molecule has 1 aromatic rings. The predicted molar refractivity (Wildman–Crippen MR) is 102 cm³/mol. The molecule has 0 amide bonds. The van der Waals surface area contributed by atoms with Crippen molar-refractivity contribution in [1.82, 2.24) is 0 Å². The van der Waals surface area contributed by atoms with Crippen LogP contribution in [0, 0.1) is 12.7 Å². The largest absolute Gasteiger partial charge is 0.497 e. The van der Waals surface area contributed by atoms with Crippen molar-refractivity contribution in [2.75, 3.05) is 4.72 Å². The van der Waals surface area contributed by atoms with Gasteiger partial charge >= 0.3 is 7.12 Å². The molecular formula is C18H27BFNO4S. The van der Waals surface area contributed by atoms with Crippen molar-refractivity contribution in [2.24, 2.45) is 0 Å². The number of hydrogen-bond acceptors (Lipinski definition) is 4. The Labute approximate surface area is 155 Å². The van der Waals surface area contributed by atoms with Crippen molar-refractivity contribution in [3.8, 4) is 0 Å². The first kappa shape index (κ1) is 19.6. The smallest absolute Gasteiger partial charge is 0.399 e. The molecule has 144 valence electrons. The molecule has 2 aliphatic rings. The van der Waals surface area contributed by atoms with Crippen LogP contribution < -0.4 is 10.2 Å². The number of sulfonamides is 1. The lowest BCUT2D eigenvalue weighted by molar-refractivity contribution is 0.00578. The molecule has 1 aliphatic carbocycles. The van der Waals surface area contributed by atoms with E-state index in [0.717, 1.165) is 18.4 Å². The Balaban J connectivity index is 1.93. The van der Waals surface area contributed by atoms with E-state index in [1.807, 2.05) is 27.7 Å². The van der Waals surface area contributed by atoms with Gasteiger partial charge in [0.05, 0.1) is 22.1 Å². The minimum atomic E-state index is -3.61. The molecule has 1 saturated carbocycles. The first-order chi connectivity index (χ1) is 11.9. The summed E-state index contributed by atoms with van der Waals surface area (Å²) in [6.07, 6.45) is 3.02. The van der Waals surface area contributed by atoms with Crippen LogP contribution in [0.5, 0.6) is 0 Å². The zero-order valence-corrected chi connectivity index (χ0v) is 16.9. The fourth-order valence-corrected chi connectivity index (χ4v) is 5.02. The van der Waals surface area contributed by atoms with Gasteiger partial charge < -0.3 is 9.31 Å². The van der Waals surface area contributed by atoms with Crippen molar-refractivity contribution >= 4 is 28.3 Å². The van der Waals surface area contributed by atoms with Gasteiger partial charge in [0.15, 0.2) is 0 Å². The zero-order valence-electron chi connectivity index (χ0n) is 16.1. The quantitative estimate of drug-likeness (QED) is 0.812. The average Bonchev–Trinajstić information content (AvgIpc) is 3.10. The molecule has 0 unspecified atom stereocenters. The first-order valence-electron chi connectivity index (χ1n) is 9.10. The number of hydrogen-bond donors (Lipinski definition) is 1. The molecule has 1 N–H and O–H groups in total. The van der Waals surface area contributed by atoms with Gasteiger partial charge in [0, 0.05) is 5.46 Å². The molecule has 1 aromatic carbocycles. The summed E-state index contributed by atoms with van der Waals surface area (Å²) in [7, 11) is -4.49. The van der Waals surface area contributed by atoms with Crippen LogP contribution >= 0.6 is 0 Å². The summed E-state index contributed by atoms with van der Waals surface area (Å²) >= 11 is 0. The van der Waals surface area contributed by atoms with Gasteiger partial charge in [0.2, 0.25) is 10.0 Å². The zero-order chi connectivity index (χ0) is 19.3. The van der Waals surface area contributed by atoms with Crippen LogP contribution in [-0.2, 0) is 19.3 Å². The van der Waals surface area contributed by atoms with E-state index in [1.54, 1.807) is 13.0 Å². The van der Waals surface area contributed by atoms with Crippen LogP contribution in [-0.4, -0.2) is 32.0 Å². The summed E-state index contributed by atoms with van der Waals surface area (Å²) < 4.78 is 54.6. The van der Waals surface area contributed by atoms with E-state index in [-0.39, 0.29) is 11.2 Å². The summed E-state index contributed by atoms with van der Waals surface area (Å²) in [5.74, 6) is -0.643. The van der Waals surface area contributed by atoms with Gasteiger partial charge in [0.1, 0.15) is 5.82 Å². The molecule has 5 nitrogen and oxygen atoms in total. The third-order valence-electron chi connectivity index (χ3n) is 5.75. The molecule has 2 fully saturated rings. The van der Waals surface area contributed by atoms with Crippen LogP contribution in [0.1, 0.15) is 58.9 Å². The van der Waals surface area contributed by atoms with E-state index in [4.69, 9.17) is 9.31 Å². The highest BCUT2D eigenvalue weighted by Crippen LogP contribution is 2.37. The molecule has 1 saturated heterocycles. The van der Waals surface area contributed by atoms with Crippen LogP contribution in [0.25, 0.3) is 0 Å². The van der Waals surface area contributed by atoms with Gasteiger partial charge in [-0.15, -0.1) is 0 Å². The molecule has 26 heavy (non-hydrogen) atoms. The third kappa shape index (κ3) is 3.51. The molecule has 1 aliphatic heterocycles. The molecule has 0 bridgehead atoms. The minimum absolute atomic E-state index is 0.0402. The topological polar surface area (TPSA) is 64.6 Å². The van der Waals surface area contributed by atoms with E-state index in [2.05, 4.69) is 4.72 Å². The molecule has 0 atom stereocenters. The summed E-state index contributed by atoms with van der Waals surface area (Å²) in [4.78, 5) is 0. The molecule has 0 aromatic heterocycles. The van der Waals surface area contributed by atoms with Crippen LogP contribution in [0.4, 0.5) is 10.1 Å². The maximum absolute atomic E-state index is 15.1. The van der Waals surface area contributed by atoms with Crippen molar-refractivity contribution in [1.29, 1.82) is 0 Å². The first-order valence-corrected chi connectivity index (χ1v) is 10.6. The van der Waals surface area contributed by atoms with Crippen molar-refractivity contribution in [3.63, 3.8) is 0 Å². The second-order valence-corrected chi connectivity index (χ2v) is 10.3. The second kappa shape index (κ2) is 6.50. The summed E-state index contributed by atoms with van der Waals surface area (Å²) in [5, 5.41) is -0.456. The number of aryl methyl sites for hydroxylation is 1. The van der Waals surface area contributed by atoms with Crippen LogP contribution in [0.15, 0.2) is 12.1 Å². The van der Waals surface area contributed by atoms with E-state index in [0.29, 0.717) is 12.8 Å². The minimum Gasteiger partial charge on any atom is -0.399 e. The predicted octanol–water partition coefficient (Wildman–Crippen LogP) is 3.12. The van der Waals surface area contributed by atoms with Gasteiger partial charge in [-0.1, -0.05) is 18.9 Å².